The van der Waals surface area contributed by atoms with Crippen LogP contribution < -0.4 is 4.74 Å². The quantitative estimate of drug-likeness (QED) is 0.678. The van der Waals surface area contributed by atoms with E-state index in [4.69, 9.17) is 4.74 Å². The van der Waals surface area contributed by atoms with Crippen LogP contribution in [0.15, 0.2) is 33.4 Å². The third-order valence-corrected chi connectivity index (χ3v) is 5.47. The molecule has 0 saturated carbocycles. The summed E-state index contributed by atoms with van der Waals surface area (Å²) in [4.78, 5) is 0.260. The number of alkyl halides is 1. The molecule has 1 aliphatic heterocycles. The molecule has 0 saturated heterocycles. The highest BCUT2D eigenvalue weighted by Gasteiger charge is 2.17. The summed E-state index contributed by atoms with van der Waals surface area (Å²) < 4.78 is 6.69. The fourth-order valence-corrected chi connectivity index (χ4v) is 3.94. The molecule has 1 aliphatic rings. The summed E-state index contributed by atoms with van der Waals surface area (Å²) in [6.07, 6.45) is 1.02. The zero-order valence-electron chi connectivity index (χ0n) is 8.95. The van der Waals surface area contributed by atoms with Gasteiger partial charge < -0.3 is 4.74 Å². The van der Waals surface area contributed by atoms with Crippen molar-refractivity contribution < 1.29 is 4.74 Å². The van der Waals surface area contributed by atoms with Crippen LogP contribution in [-0.4, -0.2) is 6.61 Å². The molecule has 1 nitrogen and oxygen atoms in total. The van der Waals surface area contributed by atoms with Crippen LogP contribution in [0.4, 0.5) is 0 Å². The number of halogens is 2. The molecule has 0 amide bonds. The van der Waals surface area contributed by atoms with E-state index in [2.05, 4.69) is 61.5 Å². The maximum absolute atomic E-state index is 5.52. The molecule has 88 valence electrons. The fourth-order valence-electron chi connectivity index (χ4n) is 2.01. The van der Waals surface area contributed by atoms with E-state index in [1.54, 1.807) is 11.3 Å². The van der Waals surface area contributed by atoms with Crippen LogP contribution in [0, 0.1) is 0 Å². The van der Waals surface area contributed by atoms with Crippen LogP contribution in [0.5, 0.6) is 5.75 Å². The van der Waals surface area contributed by atoms with Crippen molar-refractivity contribution in [3.63, 3.8) is 0 Å². The summed E-state index contributed by atoms with van der Waals surface area (Å²) in [6.45, 7) is 0.815. The molecule has 0 bridgehead atoms. The third kappa shape index (κ3) is 2.30. The summed E-state index contributed by atoms with van der Waals surface area (Å²) in [7, 11) is 0. The topological polar surface area (TPSA) is 9.23 Å². The van der Waals surface area contributed by atoms with E-state index in [0.717, 1.165) is 18.8 Å². The SMILES string of the molecule is Brc1cc(C(Br)c2ccc3c(c2)CCO3)cs1. The van der Waals surface area contributed by atoms with E-state index in [0.29, 0.717) is 0 Å². The van der Waals surface area contributed by atoms with Crippen molar-refractivity contribution in [1.29, 1.82) is 0 Å². The second kappa shape index (κ2) is 4.75. The number of thiophene rings is 1. The Morgan fingerprint density at radius 1 is 1.24 bits per heavy atom. The molecule has 17 heavy (non-hydrogen) atoms. The van der Waals surface area contributed by atoms with Crippen molar-refractivity contribution in [3.8, 4) is 5.75 Å². The molecular weight excluding hydrogens is 364 g/mol. The molecule has 1 atom stereocenters. The highest BCUT2D eigenvalue weighted by molar-refractivity contribution is 9.11. The number of ether oxygens (including phenoxy) is 1. The van der Waals surface area contributed by atoms with E-state index in [1.165, 1.54) is 20.5 Å². The lowest BCUT2D eigenvalue weighted by Crippen LogP contribution is -1.91. The molecule has 1 unspecified atom stereocenters. The Labute approximate surface area is 121 Å². The van der Waals surface area contributed by atoms with Gasteiger partial charge in [0.05, 0.1) is 15.2 Å². The predicted molar refractivity (Wildman–Crippen MR) is 78.4 cm³/mol. The summed E-state index contributed by atoms with van der Waals surface area (Å²) in [5, 5.41) is 2.17. The highest BCUT2D eigenvalue weighted by Crippen LogP contribution is 2.37. The smallest absolute Gasteiger partial charge is 0.122 e. The molecule has 1 aromatic carbocycles. The van der Waals surface area contributed by atoms with Gasteiger partial charge in [-0.1, -0.05) is 28.1 Å². The lowest BCUT2D eigenvalue weighted by atomic mass is 10.0. The maximum atomic E-state index is 5.52. The third-order valence-electron chi connectivity index (χ3n) is 2.89. The van der Waals surface area contributed by atoms with Gasteiger partial charge in [0.25, 0.3) is 0 Å². The minimum atomic E-state index is 0.260. The minimum absolute atomic E-state index is 0.260. The van der Waals surface area contributed by atoms with Crippen molar-refractivity contribution in [2.45, 2.75) is 11.2 Å². The summed E-state index contributed by atoms with van der Waals surface area (Å²) in [6, 6.07) is 8.61. The van der Waals surface area contributed by atoms with Gasteiger partial charge in [0, 0.05) is 6.42 Å². The summed E-state index contributed by atoms with van der Waals surface area (Å²) >= 11 is 8.98. The minimum Gasteiger partial charge on any atom is -0.493 e. The summed E-state index contributed by atoms with van der Waals surface area (Å²) in [5.41, 5.74) is 3.90. The number of hydrogen-bond donors (Lipinski definition) is 0. The van der Waals surface area contributed by atoms with Crippen molar-refractivity contribution in [2.24, 2.45) is 0 Å². The number of benzene rings is 1. The second-order valence-electron chi connectivity index (χ2n) is 4.01. The van der Waals surface area contributed by atoms with E-state index in [1.807, 2.05) is 0 Å². The van der Waals surface area contributed by atoms with Crippen LogP contribution in [0.1, 0.15) is 21.5 Å². The first-order valence-electron chi connectivity index (χ1n) is 5.37. The van der Waals surface area contributed by atoms with Crippen molar-refractivity contribution in [1.82, 2.24) is 0 Å². The zero-order valence-corrected chi connectivity index (χ0v) is 12.9. The van der Waals surface area contributed by atoms with Gasteiger partial charge in [-0.3, -0.25) is 0 Å². The molecule has 2 heterocycles. The Balaban J connectivity index is 1.94. The lowest BCUT2D eigenvalue weighted by molar-refractivity contribution is 0.357. The molecule has 2 aromatic rings. The van der Waals surface area contributed by atoms with E-state index < -0.39 is 0 Å². The standard InChI is InChI=1S/C13H10Br2OS/c14-12-6-10(7-17-12)13(15)9-1-2-11-8(5-9)3-4-16-11/h1-2,5-7,13H,3-4H2. The number of rotatable bonds is 2. The molecular formula is C13H10Br2OS. The van der Waals surface area contributed by atoms with Gasteiger partial charge in [0.15, 0.2) is 0 Å². The predicted octanol–water partition coefficient (Wildman–Crippen LogP) is 4.93. The second-order valence-corrected chi connectivity index (χ2v) is 7.22. The Kier molecular flexibility index (Phi) is 3.28. The van der Waals surface area contributed by atoms with Crippen LogP contribution in [0.2, 0.25) is 0 Å². The van der Waals surface area contributed by atoms with Crippen molar-refractivity contribution in [2.75, 3.05) is 6.61 Å². The highest BCUT2D eigenvalue weighted by atomic mass is 79.9. The molecule has 0 aliphatic carbocycles. The number of hydrogen-bond acceptors (Lipinski definition) is 2. The lowest BCUT2D eigenvalue weighted by Gasteiger charge is -2.09. The molecule has 3 rings (SSSR count). The molecule has 1 aromatic heterocycles. The Hall–Kier alpha value is -0.320. The number of fused-ring (bicyclic) bond motifs is 1. The largest absolute Gasteiger partial charge is 0.493 e. The Morgan fingerprint density at radius 3 is 2.88 bits per heavy atom. The Morgan fingerprint density at radius 2 is 2.12 bits per heavy atom. The Bertz CT molecular complexity index is 550. The average molecular weight is 374 g/mol. The van der Waals surface area contributed by atoms with Crippen LogP contribution in [0.25, 0.3) is 0 Å². The summed E-state index contributed by atoms with van der Waals surface area (Å²) in [5.74, 6) is 1.04. The monoisotopic (exact) mass is 372 g/mol. The molecule has 0 spiro atoms. The molecule has 0 fully saturated rings. The van der Waals surface area contributed by atoms with Crippen molar-refractivity contribution >= 4 is 43.2 Å². The van der Waals surface area contributed by atoms with E-state index in [9.17, 15) is 0 Å². The first-order chi connectivity index (χ1) is 8.24. The fraction of sp³-hybridized carbons (Fsp3) is 0.231. The van der Waals surface area contributed by atoms with Gasteiger partial charge in [-0.05, 0) is 50.1 Å². The van der Waals surface area contributed by atoms with Crippen LogP contribution >= 0.6 is 43.2 Å². The van der Waals surface area contributed by atoms with Crippen LogP contribution in [-0.2, 0) is 6.42 Å². The first-order valence-corrected chi connectivity index (χ1v) is 7.96. The van der Waals surface area contributed by atoms with E-state index in [-0.39, 0.29) is 4.83 Å². The first kappa shape index (κ1) is 11.8. The zero-order chi connectivity index (χ0) is 11.8. The van der Waals surface area contributed by atoms with Gasteiger partial charge in [-0.25, -0.2) is 0 Å². The van der Waals surface area contributed by atoms with Gasteiger partial charge in [0.1, 0.15) is 5.75 Å². The average Bonchev–Trinajstić information content (AvgIpc) is 2.95. The van der Waals surface area contributed by atoms with Gasteiger partial charge >= 0.3 is 0 Å². The van der Waals surface area contributed by atoms with Crippen molar-refractivity contribution in [3.05, 3.63) is 50.1 Å². The van der Waals surface area contributed by atoms with Gasteiger partial charge in [0.2, 0.25) is 0 Å². The van der Waals surface area contributed by atoms with Gasteiger partial charge in [-0.2, -0.15) is 0 Å². The van der Waals surface area contributed by atoms with Crippen LogP contribution in [0.3, 0.4) is 0 Å². The molecule has 0 N–H and O–H groups in total. The maximum Gasteiger partial charge on any atom is 0.122 e. The normalized spacial score (nSPS) is 15.4. The molecule has 4 heteroatoms. The van der Waals surface area contributed by atoms with Gasteiger partial charge in [-0.15, -0.1) is 11.3 Å². The van der Waals surface area contributed by atoms with E-state index >= 15 is 0 Å². The molecule has 0 radical (unpaired) electrons.